The minimum absolute atomic E-state index is 0.215. The molecule has 17 heavy (non-hydrogen) atoms. The molecule has 0 spiro atoms. The fourth-order valence-corrected chi connectivity index (χ4v) is 1.65. The van der Waals surface area contributed by atoms with Crippen LogP contribution in [0.15, 0.2) is 35.3 Å². The lowest BCUT2D eigenvalue weighted by molar-refractivity contribution is 0.0931. The summed E-state index contributed by atoms with van der Waals surface area (Å²) in [4.78, 5) is 11.7. The molecule has 1 amide bonds. The van der Waals surface area contributed by atoms with E-state index < -0.39 is 0 Å². The smallest absolute Gasteiger partial charge is 0.287 e. The van der Waals surface area contributed by atoms with E-state index in [1.807, 2.05) is 0 Å². The molecule has 4 heteroatoms. The normalized spacial score (nSPS) is 10.5. The second-order valence-electron chi connectivity index (χ2n) is 3.70. The molecule has 0 aliphatic carbocycles. The highest BCUT2D eigenvalue weighted by atomic mass is 19.1. The molecule has 0 bridgehead atoms. The van der Waals surface area contributed by atoms with Gasteiger partial charge < -0.3 is 9.73 Å². The van der Waals surface area contributed by atoms with Gasteiger partial charge in [0.2, 0.25) is 0 Å². The summed E-state index contributed by atoms with van der Waals surface area (Å²) >= 11 is 0. The van der Waals surface area contributed by atoms with Crippen molar-refractivity contribution in [2.45, 2.75) is 6.92 Å². The van der Waals surface area contributed by atoms with Gasteiger partial charge in [0.05, 0.1) is 0 Å². The Morgan fingerprint density at radius 2 is 2.35 bits per heavy atom. The molecule has 2 aromatic rings. The number of benzene rings is 1. The lowest BCUT2D eigenvalue weighted by Crippen LogP contribution is -2.23. The second-order valence-corrected chi connectivity index (χ2v) is 3.70. The highest BCUT2D eigenvalue weighted by Crippen LogP contribution is 2.25. The van der Waals surface area contributed by atoms with E-state index in [2.05, 4.69) is 11.9 Å². The van der Waals surface area contributed by atoms with Crippen molar-refractivity contribution in [3.63, 3.8) is 0 Å². The van der Waals surface area contributed by atoms with Crippen LogP contribution in [0.25, 0.3) is 11.0 Å². The van der Waals surface area contributed by atoms with Gasteiger partial charge in [-0.1, -0.05) is 6.08 Å². The lowest BCUT2D eigenvalue weighted by Gasteiger charge is -1.98. The Labute approximate surface area is 97.9 Å². The third-order valence-electron chi connectivity index (χ3n) is 2.51. The number of furan rings is 1. The number of halogens is 1. The largest absolute Gasteiger partial charge is 0.451 e. The van der Waals surface area contributed by atoms with Crippen LogP contribution in [-0.4, -0.2) is 12.5 Å². The molecule has 0 aliphatic heterocycles. The first-order chi connectivity index (χ1) is 8.13. The van der Waals surface area contributed by atoms with Crippen molar-refractivity contribution >= 4 is 16.9 Å². The van der Waals surface area contributed by atoms with Gasteiger partial charge in [-0.15, -0.1) is 6.58 Å². The molecular formula is C13H12FNO2. The second kappa shape index (κ2) is 4.41. The van der Waals surface area contributed by atoms with Crippen LogP contribution in [0.3, 0.4) is 0 Å². The summed E-state index contributed by atoms with van der Waals surface area (Å²) in [5.74, 6) is -0.453. The van der Waals surface area contributed by atoms with Gasteiger partial charge in [0.15, 0.2) is 5.76 Å². The summed E-state index contributed by atoms with van der Waals surface area (Å²) in [6.45, 7) is 5.60. The first kappa shape index (κ1) is 11.4. The van der Waals surface area contributed by atoms with Crippen LogP contribution in [0.4, 0.5) is 4.39 Å². The Kier molecular flexibility index (Phi) is 2.95. The van der Waals surface area contributed by atoms with E-state index in [9.17, 15) is 9.18 Å². The molecular weight excluding hydrogens is 221 g/mol. The number of hydrogen-bond donors (Lipinski definition) is 1. The Hall–Kier alpha value is -2.10. The summed E-state index contributed by atoms with van der Waals surface area (Å²) in [7, 11) is 0. The maximum absolute atomic E-state index is 13.1. The fraction of sp³-hybridized carbons (Fsp3) is 0.154. The van der Waals surface area contributed by atoms with Gasteiger partial charge in [0.25, 0.3) is 5.91 Å². The number of hydrogen-bond acceptors (Lipinski definition) is 2. The van der Waals surface area contributed by atoms with Crippen molar-refractivity contribution in [3.05, 3.63) is 48.0 Å². The quantitative estimate of drug-likeness (QED) is 0.828. The summed E-state index contributed by atoms with van der Waals surface area (Å²) in [5, 5.41) is 3.24. The van der Waals surface area contributed by atoms with Crippen LogP contribution in [0.5, 0.6) is 0 Å². The lowest BCUT2D eigenvalue weighted by atomic mass is 10.1. The third kappa shape index (κ3) is 2.06. The molecule has 1 aromatic heterocycles. The molecule has 0 unspecified atom stereocenters. The van der Waals surface area contributed by atoms with E-state index in [0.29, 0.717) is 23.1 Å². The summed E-state index contributed by atoms with van der Waals surface area (Å²) in [5.41, 5.74) is 1.15. The zero-order chi connectivity index (χ0) is 12.4. The third-order valence-corrected chi connectivity index (χ3v) is 2.51. The molecule has 0 aliphatic rings. The Morgan fingerprint density at radius 1 is 1.59 bits per heavy atom. The molecule has 88 valence electrons. The van der Waals surface area contributed by atoms with Gasteiger partial charge >= 0.3 is 0 Å². The number of carbonyl (C=O) groups is 1. The highest BCUT2D eigenvalue weighted by molar-refractivity contribution is 5.98. The molecule has 0 fully saturated rings. The summed E-state index contributed by atoms with van der Waals surface area (Å²) in [6.07, 6.45) is 1.58. The van der Waals surface area contributed by atoms with E-state index in [4.69, 9.17) is 4.42 Å². The van der Waals surface area contributed by atoms with Gasteiger partial charge in [-0.2, -0.15) is 0 Å². The molecule has 0 radical (unpaired) electrons. The predicted octanol–water partition coefficient (Wildman–Crippen LogP) is 2.80. The topological polar surface area (TPSA) is 42.2 Å². The number of rotatable bonds is 3. The Bertz CT molecular complexity index is 586. The molecule has 0 saturated carbocycles. The first-order valence-electron chi connectivity index (χ1n) is 5.21. The summed E-state index contributed by atoms with van der Waals surface area (Å²) in [6, 6.07) is 4.18. The van der Waals surface area contributed by atoms with Crippen molar-refractivity contribution in [2.24, 2.45) is 0 Å². The summed E-state index contributed by atoms with van der Waals surface area (Å²) < 4.78 is 18.5. The molecule has 0 saturated heterocycles. The zero-order valence-corrected chi connectivity index (χ0v) is 9.42. The van der Waals surface area contributed by atoms with Gasteiger partial charge in [0, 0.05) is 17.5 Å². The van der Waals surface area contributed by atoms with Gasteiger partial charge in [0.1, 0.15) is 11.4 Å². The maximum atomic E-state index is 13.1. The van der Waals surface area contributed by atoms with Gasteiger partial charge in [-0.25, -0.2) is 4.39 Å². The first-order valence-corrected chi connectivity index (χ1v) is 5.21. The molecule has 1 aromatic carbocycles. The van der Waals surface area contributed by atoms with Crippen molar-refractivity contribution in [3.8, 4) is 0 Å². The van der Waals surface area contributed by atoms with Crippen LogP contribution in [0.1, 0.15) is 16.1 Å². The van der Waals surface area contributed by atoms with Gasteiger partial charge in [-0.05, 0) is 25.1 Å². The predicted molar refractivity (Wildman–Crippen MR) is 63.4 cm³/mol. The van der Waals surface area contributed by atoms with E-state index in [1.165, 1.54) is 18.2 Å². The molecule has 3 nitrogen and oxygen atoms in total. The number of carbonyl (C=O) groups excluding carboxylic acids is 1. The Balaban J connectivity index is 2.45. The van der Waals surface area contributed by atoms with E-state index in [-0.39, 0.29) is 17.5 Å². The number of aryl methyl sites for hydroxylation is 1. The minimum Gasteiger partial charge on any atom is -0.451 e. The van der Waals surface area contributed by atoms with Crippen molar-refractivity contribution in [1.29, 1.82) is 0 Å². The van der Waals surface area contributed by atoms with E-state index >= 15 is 0 Å². The van der Waals surface area contributed by atoms with Crippen LogP contribution >= 0.6 is 0 Å². The van der Waals surface area contributed by atoms with E-state index in [1.54, 1.807) is 13.0 Å². The maximum Gasteiger partial charge on any atom is 0.287 e. The number of fused-ring (bicyclic) bond motifs is 1. The standard InChI is InChI=1S/C13H12FNO2/c1-3-6-15-13(16)12-8(2)10-7-9(14)4-5-11(10)17-12/h3-5,7H,1,6H2,2H3,(H,15,16). The molecule has 0 atom stereocenters. The Morgan fingerprint density at radius 3 is 3.06 bits per heavy atom. The van der Waals surface area contributed by atoms with Crippen molar-refractivity contribution in [2.75, 3.05) is 6.54 Å². The van der Waals surface area contributed by atoms with Crippen molar-refractivity contribution in [1.82, 2.24) is 5.32 Å². The zero-order valence-electron chi connectivity index (χ0n) is 9.42. The van der Waals surface area contributed by atoms with Crippen LogP contribution < -0.4 is 5.32 Å². The van der Waals surface area contributed by atoms with E-state index in [0.717, 1.165) is 0 Å². The SMILES string of the molecule is C=CCNC(=O)c1oc2ccc(F)cc2c1C. The fourth-order valence-electron chi connectivity index (χ4n) is 1.65. The van der Waals surface area contributed by atoms with Crippen LogP contribution in [0, 0.1) is 12.7 Å². The monoisotopic (exact) mass is 233 g/mol. The molecule has 1 N–H and O–H groups in total. The average Bonchev–Trinajstić information content (AvgIpc) is 2.64. The van der Waals surface area contributed by atoms with Gasteiger partial charge in [-0.3, -0.25) is 4.79 Å². The van der Waals surface area contributed by atoms with Crippen LogP contribution in [0.2, 0.25) is 0 Å². The number of nitrogens with one attached hydrogen (secondary N) is 1. The molecule has 1 heterocycles. The van der Waals surface area contributed by atoms with Crippen molar-refractivity contribution < 1.29 is 13.6 Å². The minimum atomic E-state index is -0.348. The average molecular weight is 233 g/mol. The highest BCUT2D eigenvalue weighted by Gasteiger charge is 2.17. The van der Waals surface area contributed by atoms with Crippen LogP contribution in [-0.2, 0) is 0 Å². The number of amides is 1. The molecule has 2 rings (SSSR count).